The smallest absolute Gasteiger partial charge is 0.306 e. The van der Waals surface area contributed by atoms with E-state index in [4.69, 9.17) is 14.2 Å². The fourth-order valence-electron chi connectivity index (χ4n) is 9.97. The van der Waals surface area contributed by atoms with Crippen LogP contribution in [0.1, 0.15) is 348 Å². The van der Waals surface area contributed by atoms with Crippen molar-refractivity contribution in [2.24, 2.45) is 0 Å². The topological polar surface area (TPSA) is 78.9 Å². The highest BCUT2D eigenvalue weighted by Gasteiger charge is 2.19. The quantitative estimate of drug-likeness (QED) is 0.0261. The van der Waals surface area contributed by atoms with E-state index in [1.54, 1.807) is 0 Å². The summed E-state index contributed by atoms with van der Waals surface area (Å²) in [7, 11) is 0. The van der Waals surface area contributed by atoms with Gasteiger partial charge in [0.2, 0.25) is 0 Å². The predicted octanol–water partition coefficient (Wildman–Crippen LogP) is 23.8. The molecule has 0 aromatic heterocycles. The van der Waals surface area contributed by atoms with Crippen LogP contribution >= 0.6 is 0 Å². The molecule has 462 valence electrons. The molecular weight excluding hydrogens is 985 g/mol. The second-order valence-electron chi connectivity index (χ2n) is 23.1. The summed E-state index contributed by atoms with van der Waals surface area (Å²) < 4.78 is 17.0. The van der Waals surface area contributed by atoms with Gasteiger partial charge in [0.15, 0.2) is 6.10 Å². The summed E-state index contributed by atoms with van der Waals surface area (Å²) in [6.45, 7) is 6.54. The number of ether oxygens (including phenoxy) is 3. The lowest BCUT2D eigenvalue weighted by molar-refractivity contribution is -0.167. The number of hydrogen-bond acceptors (Lipinski definition) is 6. The van der Waals surface area contributed by atoms with Crippen molar-refractivity contribution < 1.29 is 28.6 Å². The molecule has 0 heterocycles. The molecule has 0 amide bonds. The summed E-state index contributed by atoms with van der Waals surface area (Å²) in [5, 5.41) is 0. The van der Waals surface area contributed by atoms with Gasteiger partial charge in [0.1, 0.15) is 13.2 Å². The van der Waals surface area contributed by atoms with Crippen molar-refractivity contribution in [2.75, 3.05) is 13.2 Å². The molecule has 0 fully saturated rings. The largest absolute Gasteiger partial charge is 0.462 e. The number of carbonyl (C=O) groups excluding carboxylic acids is 3. The summed E-state index contributed by atoms with van der Waals surface area (Å²) >= 11 is 0. The van der Waals surface area contributed by atoms with Crippen molar-refractivity contribution in [3.63, 3.8) is 0 Å². The molecule has 0 bridgehead atoms. The van der Waals surface area contributed by atoms with Gasteiger partial charge in [0.25, 0.3) is 0 Å². The molecule has 80 heavy (non-hydrogen) atoms. The second kappa shape index (κ2) is 68.1. The normalized spacial score (nSPS) is 12.6. The summed E-state index contributed by atoms with van der Waals surface area (Å²) in [6, 6.07) is 0. The Morgan fingerprint density at radius 1 is 0.263 bits per heavy atom. The molecule has 6 heteroatoms. The molecule has 0 N–H and O–H groups in total. The third-order valence-electron chi connectivity index (χ3n) is 15.1. The second-order valence-corrected chi connectivity index (χ2v) is 23.1. The Morgan fingerprint density at radius 3 is 0.775 bits per heavy atom. The summed E-state index contributed by atoms with van der Waals surface area (Å²) in [6.07, 6.45) is 90.3. The van der Waals surface area contributed by atoms with E-state index < -0.39 is 6.10 Å². The van der Waals surface area contributed by atoms with E-state index in [0.717, 1.165) is 122 Å². The average Bonchev–Trinajstić information content (AvgIpc) is 3.46. The van der Waals surface area contributed by atoms with Crippen LogP contribution in [0.3, 0.4) is 0 Å². The fraction of sp³-hybridized carbons (Fsp3) is 0.770. The molecule has 0 rings (SSSR count). The van der Waals surface area contributed by atoms with Crippen LogP contribution in [0.2, 0.25) is 0 Å². The molecule has 0 radical (unpaired) electrons. The minimum absolute atomic E-state index is 0.0843. The summed E-state index contributed by atoms with van der Waals surface area (Å²) in [5.74, 6) is -0.893. The van der Waals surface area contributed by atoms with Crippen LogP contribution in [0.4, 0.5) is 0 Å². The maximum absolute atomic E-state index is 12.9. The zero-order valence-electron chi connectivity index (χ0n) is 53.1. The van der Waals surface area contributed by atoms with Gasteiger partial charge in [-0.25, -0.2) is 0 Å². The molecule has 1 unspecified atom stereocenters. The van der Waals surface area contributed by atoms with Gasteiger partial charge in [-0.2, -0.15) is 0 Å². The highest BCUT2D eigenvalue weighted by atomic mass is 16.6. The van der Waals surface area contributed by atoms with E-state index in [0.29, 0.717) is 19.3 Å². The fourth-order valence-corrected chi connectivity index (χ4v) is 9.97. The van der Waals surface area contributed by atoms with Crippen LogP contribution in [0.15, 0.2) is 85.1 Å². The first kappa shape index (κ1) is 76.6. The van der Waals surface area contributed by atoms with E-state index in [9.17, 15) is 14.4 Å². The highest BCUT2D eigenvalue weighted by Crippen LogP contribution is 2.17. The minimum Gasteiger partial charge on any atom is -0.462 e. The van der Waals surface area contributed by atoms with Gasteiger partial charge in [0, 0.05) is 19.3 Å². The Kier molecular flexibility index (Phi) is 65.2. The van der Waals surface area contributed by atoms with Crippen molar-refractivity contribution in [3.8, 4) is 0 Å². The number of carbonyl (C=O) groups is 3. The first-order valence-electron chi connectivity index (χ1n) is 34.6. The molecule has 0 spiro atoms. The number of allylic oxidation sites excluding steroid dienone is 14. The Hall–Kier alpha value is -3.41. The Balaban J connectivity index is 4.39. The molecule has 0 aliphatic rings. The van der Waals surface area contributed by atoms with Crippen LogP contribution in [0.5, 0.6) is 0 Å². The minimum atomic E-state index is -0.792. The molecule has 0 aromatic carbocycles. The van der Waals surface area contributed by atoms with Crippen LogP contribution < -0.4 is 0 Å². The van der Waals surface area contributed by atoms with Crippen molar-refractivity contribution in [1.29, 1.82) is 0 Å². The lowest BCUT2D eigenvalue weighted by atomic mass is 10.0. The third-order valence-corrected chi connectivity index (χ3v) is 15.1. The van der Waals surface area contributed by atoms with E-state index in [1.165, 1.54) is 186 Å². The van der Waals surface area contributed by atoms with Gasteiger partial charge in [-0.3, -0.25) is 14.4 Å². The lowest BCUT2D eigenvalue weighted by Crippen LogP contribution is -2.30. The van der Waals surface area contributed by atoms with Crippen LogP contribution in [0.25, 0.3) is 0 Å². The van der Waals surface area contributed by atoms with E-state index in [2.05, 4.69) is 106 Å². The van der Waals surface area contributed by atoms with Crippen molar-refractivity contribution in [2.45, 2.75) is 354 Å². The number of unbranched alkanes of at least 4 members (excludes halogenated alkanes) is 38. The van der Waals surface area contributed by atoms with Crippen LogP contribution in [-0.2, 0) is 28.6 Å². The molecular formula is C74H130O6. The van der Waals surface area contributed by atoms with E-state index in [1.807, 2.05) is 0 Å². The van der Waals surface area contributed by atoms with Crippen LogP contribution in [0, 0.1) is 0 Å². The first-order valence-corrected chi connectivity index (χ1v) is 34.6. The van der Waals surface area contributed by atoms with Gasteiger partial charge >= 0.3 is 17.9 Å². The van der Waals surface area contributed by atoms with Crippen molar-refractivity contribution in [1.82, 2.24) is 0 Å². The SMILES string of the molecule is CC/C=C\C/C=C\C/C=C\C/C=C\C/C=C\CCCCCCCC(=O)OC(COC(=O)CCCCCCCCC/C=C\C/C=C\CCCCCC)COC(=O)CCCCCCCCCCCCCCCCCCCCCCCCC. The average molecular weight is 1120 g/mol. The van der Waals surface area contributed by atoms with Gasteiger partial charge < -0.3 is 14.2 Å². The molecule has 1 atom stereocenters. The highest BCUT2D eigenvalue weighted by molar-refractivity contribution is 5.71. The van der Waals surface area contributed by atoms with Crippen molar-refractivity contribution in [3.05, 3.63) is 85.1 Å². The van der Waals surface area contributed by atoms with Crippen molar-refractivity contribution >= 4 is 17.9 Å². The molecule has 0 aromatic rings. The zero-order valence-corrected chi connectivity index (χ0v) is 53.1. The zero-order chi connectivity index (χ0) is 57.8. The van der Waals surface area contributed by atoms with Gasteiger partial charge in [-0.1, -0.05) is 318 Å². The third kappa shape index (κ3) is 65.4. The summed E-state index contributed by atoms with van der Waals surface area (Å²) in [5.41, 5.74) is 0. The number of rotatable bonds is 63. The summed E-state index contributed by atoms with van der Waals surface area (Å²) in [4.78, 5) is 38.5. The molecule has 6 nitrogen and oxygen atoms in total. The monoisotopic (exact) mass is 1110 g/mol. The first-order chi connectivity index (χ1) is 39.5. The molecule has 0 saturated carbocycles. The number of hydrogen-bond donors (Lipinski definition) is 0. The standard InChI is InChI=1S/C74H130O6/c1-4-7-10-13-16-19-22-25-28-31-34-36-37-39-40-43-46-49-52-55-58-61-64-67-73(76)79-70-71(69-78-72(75)66-63-60-57-54-51-48-45-42-33-30-27-24-21-18-15-12-9-6-3)80-74(77)68-65-62-59-56-53-50-47-44-41-38-35-32-29-26-23-20-17-14-11-8-5-2/h8,11,17,20-21,24,26,29-30,33,35,38,44,47,71H,4-7,9-10,12-16,18-19,22-23,25,27-28,31-32,34,36-37,39-43,45-46,48-70H2,1-3H3/b11-8-,20-17-,24-21-,29-26-,33-30-,38-35-,47-44-. The number of esters is 3. The maximum Gasteiger partial charge on any atom is 0.306 e. The van der Waals surface area contributed by atoms with Crippen LogP contribution in [-0.4, -0.2) is 37.2 Å². The Bertz CT molecular complexity index is 1520. The molecule has 0 saturated heterocycles. The Morgan fingerprint density at radius 2 is 0.487 bits per heavy atom. The van der Waals surface area contributed by atoms with E-state index >= 15 is 0 Å². The maximum atomic E-state index is 12.9. The Labute approximate surface area is 496 Å². The predicted molar refractivity (Wildman–Crippen MR) is 348 cm³/mol. The van der Waals surface area contributed by atoms with Gasteiger partial charge in [0.05, 0.1) is 0 Å². The molecule has 0 aliphatic carbocycles. The lowest BCUT2D eigenvalue weighted by Gasteiger charge is -2.18. The van der Waals surface area contributed by atoms with E-state index in [-0.39, 0.29) is 31.1 Å². The molecule has 0 aliphatic heterocycles. The van der Waals surface area contributed by atoms with Gasteiger partial charge in [-0.15, -0.1) is 0 Å². The van der Waals surface area contributed by atoms with Gasteiger partial charge in [-0.05, 0) is 96.3 Å².